The van der Waals surface area contributed by atoms with Crippen LogP contribution in [0.4, 0.5) is 0 Å². The Kier molecular flexibility index (Phi) is 5.69. The number of fused-ring (bicyclic) bond motifs is 2. The summed E-state index contributed by atoms with van der Waals surface area (Å²) < 4.78 is 43.9. The summed E-state index contributed by atoms with van der Waals surface area (Å²) in [7, 11) is 0. The zero-order valence-electron chi connectivity index (χ0n) is 21.2. The summed E-state index contributed by atoms with van der Waals surface area (Å²) in [4.78, 5) is 11.8. The highest BCUT2D eigenvalue weighted by molar-refractivity contribution is 5.69. The van der Waals surface area contributed by atoms with Crippen LogP contribution in [0.1, 0.15) is 25.7 Å². The first kappa shape index (κ1) is 24.6. The largest absolute Gasteiger partial charge is 0.490 e. The highest BCUT2D eigenvalue weighted by Gasteiger charge is 3.27. The number of carbonyl (C=O) groups is 1. The van der Waals surface area contributed by atoms with Crippen LogP contribution in [0, 0.1) is 0 Å². The summed E-state index contributed by atoms with van der Waals surface area (Å²) in [5, 5.41) is 0. The van der Waals surface area contributed by atoms with E-state index in [0.29, 0.717) is 18.8 Å². The molecule has 9 heteroatoms. The molecule has 0 N–H and O–H groups in total. The van der Waals surface area contributed by atoms with Crippen molar-refractivity contribution < 1.29 is 42.7 Å². The van der Waals surface area contributed by atoms with Gasteiger partial charge in [0.05, 0.1) is 0 Å². The number of carbonyl (C=O) groups excluding carboxylic acids is 1. The summed E-state index contributed by atoms with van der Waals surface area (Å²) in [6.45, 7) is 0.624. The highest BCUT2D eigenvalue weighted by atomic mass is 17.3. The molecule has 3 spiro atoms. The molecule has 6 heterocycles. The van der Waals surface area contributed by atoms with E-state index in [1.54, 1.807) is 0 Å². The molecule has 1 aromatic carbocycles. The Hall–Kier alpha value is -3.47. The Morgan fingerprint density at radius 3 is 2.18 bits per heavy atom. The van der Waals surface area contributed by atoms with Crippen LogP contribution in [0.25, 0.3) is 0 Å². The fourth-order valence-electron chi connectivity index (χ4n) is 4.86. The molecule has 202 valence electrons. The van der Waals surface area contributed by atoms with Gasteiger partial charge in [0.1, 0.15) is 19.0 Å². The average Bonchev–Trinajstić information content (AvgIpc) is 3.82. The normalized spacial score (nSPS) is 38.7. The first-order chi connectivity index (χ1) is 19.1. The topological polar surface area (TPSA) is 107 Å². The van der Waals surface area contributed by atoms with Crippen LogP contribution in [0.15, 0.2) is 103 Å². The number of unbranched alkanes of at least 4 members (excludes halogenated alkanes) is 2. The first-order valence-corrected chi connectivity index (χ1v) is 13.2. The van der Waals surface area contributed by atoms with Gasteiger partial charge in [-0.15, -0.1) is 0 Å². The number of hydrogen-bond acceptors (Lipinski definition) is 9. The van der Waals surface area contributed by atoms with Crippen LogP contribution in [-0.4, -0.2) is 48.3 Å². The maximum absolute atomic E-state index is 11.8. The van der Waals surface area contributed by atoms with Crippen molar-refractivity contribution in [3.8, 4) is 5.75 Å². The molecule has 6 aliphatic heterocycles. The lowest BCUT2D eigenvalue weighted by molar-refractivity contribution is -0.166. The number of epoxide rings is 5. The lowest BCUT2D eigenvalue weighted by Crippen LogP contribution is -2.41. The van der Waals surface area contributed by atoms with Crippen molar-refractivity contribution in [3.63, 3.8) is 0 Å². The number of ether oxygens (including phenoxy) is 8. The van der Waals surface area contributed by atoms with Crippen LogP contribution >= 0.6 is 0 Å². The van der Waals surface area contributed by atoms with Crippen molar-refractivity contribution in [2.24, 2.45) is 0 Å². The van der Waals surface area contributed by atoms with Gasteiger partial charge in [-0.2, -0.15) is 0 Å². The molecule has 0 saturated carbocycles. The predicted octanol–water partition coefficient (Wildman–Crippen LogP) is 4.45. The molecule has 1 aromatic rings. The maximum Gasteiger partial charge on any atom is 0.355 e. The van der Waals surface area contributed by atoms with Gasteiger partial charge < -0.3 is 14.2 Å². The highest BCUT2D eigenvalue weighted by Crippen LogP contribution is 2.97. The molecule has 0 aliphatic carbocycles. The third-order valence-electron chi connectivity index (χ3n) is 7.11. The zero-order chi connectivity index (χ0) is 26.4. The number of hydrogen-bond donors (Lipinski definition) is 0. The van der Waals surface area contributed by atoms with Crippen LogP contribution in [0.5, 0.6) is 5.75 Å². The summed E-state index contributed by atoms with van der Waals surface area (Å²) in [6, 6.07) is 9.47. The zero-order valence-corrected chi connectivity index (χ0v) is 21.2. The monoisotopic (exact) mass is 532 g/mol. The van der Waals surface area contributed by atoms with Crippen LogP contribution in [0.2, 0.25) is 0 Å². The molecule has 0 aromatic heterocycles. The van der Waals surface area contributed by atoms with Crippen molar-refractivity contribution in [3.05, 3.63) is 103 Å². The fraction of sp³-hybridized carbons (Fsp3) is 0.367. The minimum atomic E-state index is -0.943. The van der Waals surface area contributed by atoms with E-state index in [2.05, 4.69) is 6.08 Å². The number of rotatable bonds is 14. The molecule has 9 nitrogen and oxygen atoms in total. The van der Waals surface area contributed by atoms with E-state index in [1.807, 2.05) is 91.1 Å². The standard InChI is InChI=1S/C30H28O9/c31-25(33-22-21-32-23-17-13-12-14-18-23)20-16-11-9-7-5-3-1-2-4-6-8-10-15-19-24-26(34-24)27(35-26)28(36-27)29-30(37-28,38-29)39-29/h1-8,10,12-15,17-19H,9,11,16,20-22H2. The van der Waals surface area contributed by atoms with E-state index in [4.69, 9.17) is 37.9 Å². The summed E-state index contributed by atoms with van der Waals surface area (Å²) >= 11 is 0. The van der Waals surface area contributed by atoms with Crippen molar-refractivity contribution in [2.45, 2.75) is 54.8 Å². The number of esters is 1. The smallest absolute Gasteiger partial charge is 0.355 e. The van der Waals surface area contributed by atoms with Crippen molar-refractivity contribution in [2.75, 3.05) is 13.2 Å². The summed E-state index contributed by atoms with van der Waals surface area (Å²) in [5.41, 5.74) is 0. The first-order valence-electron chi connectivity index (χ1n) is 13.2. The van der Waals surface area contributed by atoms with E-state index in [1.165, 1.54) is 0 Å². The summed E-state index contributed by atoms with van der Waals surface area (Å²) in [5.74, 6) is -2.96. The predicted molar refractivity (Wildman–Crippen MR) is 135 cm³/mol. The molecule has 6 saturated heterocycles. The minimum absolute atomic E-state index is 0.182. The Balaban J connectivity index is 0.701. The Bertz CT molecular complexity index is 1320. The van der Waals surface area contributed by atoms with Crippen molar-refractivity contribution >= 4 is 5.97 Å². The lowest BCUT2D eigenvalue weighted by atomic mass is 10.1. The third-order valence-corrected chi connectivity index (χ3v) is 7.11. The van der Waals surface area contributed by atoms with Gasteiger partial charge in [0, 0.05) is 6.42 Å². The van der Waals surface area contributed by atoms with Crippen LogP contribution in [0.3, 0.4) is 0 Å². The molecule has 3 atom stereocenters. The van der Waals surface area contributed by atoms with Gasteiger partial charge in [0.2, 0.25) is 0 Å². The Morgan fingerprint density at radius 2 is 1.46 bits per heavy atom. The van der Waals surface area contributed by atoms with Gasteiger partial charge in [-0.05, 0) is 37.5 Å². The second-order valence-corrected chi connectivity index (χ2v) is 9.76. The van der Waals surface area contributed by atoms with E-state index < -0.39 is 29.1 Å². The second kappa shape index (κ2) is 9.04. The molecule has 6 fully saturated rings. The minimum Gasteiger partial charge on any atom is -0.490 e. The Morgan fingerprint density at radius 1 is 0.744 bits per heavy atom. The van der Waals surface area contributed by atoms with Gasteiger partial charge in [0.15, 0.2) is 5.76 Å². The molecular formula is C30H28O9. The van der Waals surface area contributed by atoms with E-state index >= 15 is 0 Å². The Labute approximate surface area is 225 Å². The summed E-state index contributed by atoms with van der Waals surface area (Å²) in [6.07, 6.45) is 24.5. The molecule has 0 radical (unpaired) electrons. The van der Waals surface area contributed by atoms with Gasteiger partial charge in [0.25, 0.3) is 0 Å². The van der Waals surface area contributed by atoms with Gasteiger partial charge in [-0.3, -0.25) is 28.5 Å². The molecule has 39 heavy (non-hydrogen) atoms. The quantitative estimate of drug-likeness (QED) is 0.149. The second-order valence-electron chi connectivity index (χ2n) is 9.76. The van der Waals surface area contributed by atoms with Crippen molar-refractivity contribution in [1.82, 2.24) is 0 Å². The molecule has 7 rings (SSSR count). The van der Waals surface area contributed by atoms with E-state index in [0.717, 1.165) is 25.0 Å². The number of allylic oxidation sites excluding steroid dienone is 11. The van der Waals surface area contributed by atoms with E-state index in [-0.39, 0.29) is 12.6 Å². The van der Waals surface area contributed by atoms with Gasteiger partial charge in [-0.25, -0.2) is 0 Å². The van der Waals surface area contributed by atoms with Crippen molar-refractivity contribution in [1.29, 1.82) is 0 Å². The molecule has 0 bridgehead atoms. The van der Waals surface area contributed by atoms with Gasteiger partial charge >= 0.3 is 35.1 Å². The molecule has 6 aliphatic rings. The molecular weight excluding hydrogens is 504 g/mol. The third kappa shape index (κ3) is 3.92. The van der Waals surface area contributed by atoms with Crippen LogP contribution < -0.4 is 4.74 Å². The van der Waals surface area contributed by atoms with Gasteiger partial charge in [-0.1, -0.05) is 79.0 Å². The fourth-order valence-corrected chi connectivity index (χ4v) is 4.86. The molecule has 3 unspecified atom stereocenters. The SMILES string of the molecule is O=C(CCCCC=CC=CC=CC=CC=CC=C1OC12OC21OC12OC13OC12O3)OCCOc1ccccc1. The molecule has 0 amide bonds. The van der Waals surface area contributed by atoms with Crippen LogP contribution in [-0.2, 0) is 38.0 Å². The number of para-hydroxylation sites is 1. The van der Waals surface area contributed by atoms with E-state index in [9.17, 15) is 4.79 Å². The lowest BCUT2D eigenvalue weighted by Gasteiger charge is -2.07. The number of benzene rings is 1. The maximum atomic E-state index is 11.8. The average molecular weight is 533 g/mol.